The molecule has 0 spiro atoms. The van der Waals surface area contributed by atoms with Crippen molar-refractivity contribution in [3.05, 3.63) is 58.6 Å². The summed E-state index contributed by atoms with van der Waals surface area (Å²) in [7, 11) is -2.29. The highest BCUT2D eigenvalue weighted by Crippen LogP contribution is 2.23. The van der Waals surface area contributed by atoms with E-state index in [1.165, 1.54) is 18.2 Å². The molecule has 0 bridgehead atoms. The normalized spacial score (nSPS) is 12.0. The van der Waals surface area contributed by atoms with Crippen LogP contribution in [0.25, 0.3) is 0 Å². The van der Waals surface area contributed by atoms with Crippen molar-refractivity contribution in [2.24, 2.45) is 0 Å². The summed E-state index contributed by atoms with van der Waals surface area (Å²) in [6.07, 6.45) is 0.926. The Bertz CT molecular complexity index is 993. The van der Waals surface area contributed by atoms with E-state index in [9.17, 15) is 23.3 Å². The van der Waals surface area contributed by atoms with Gasteiger partial charge in [0.05, 0.1) is 30.0 Å². The molecule has 11 heteroatoms. The lowest BCUT2D eigenvalue weighted by Crippen LogP contribution is -2.44. The van der Waals surface area contributed by atoms with E-state index in [1.54, 1.807) is 38.3 Å². The van der Waals surface area contributed by atoms with Crippen molar-refractivity contribution in [3.8, 4) is 11.5 Å². The van der Waals surface area contributed by atoms with Gasteiger partial charge < -0.3 is 14.8 Å². The second kappa shape index (κ2) is 9.92. The number of sulfonamides is 1. The van der Waals surface area contributed by atoms with Crippen LogP contribution in [-0.2, 0) is 14.8 Å². The Balaban J connectivity index is 2.00. The van der Waals surface area contributed by atoms with Gasteiger partial charge in [0.1, 0.15) is 24.7 Å². The molecule has 0 fully saturated rings. The number of carbonyl (C=O) groups excluding carboxylic acids is 1. The molecule has 162 valence electrons. The molecule has 0 saturated heterocycles. The summed E-state index contributed by atoms with van der Waals surface area (Å²) >= 11 is 0. The summed E-state index contributed by atoms with van der Waals surface area (Å²) < 4.78 is 35.7. The second-order valence-corrected chi connectivity index (χ2v) is 8.41. The molecular formula is C19H23N3O7S. The molecule has 2 aromatic rings. The first-order valence-electron chi connectivity index (χ1n) is 8.88. The zero-order valence-electron chi connectivity index (χ0n) is 16.8. The molecule has 0 radical (unpaired) electrons. The van der Waals surface area contributed by atoms with Crippen molar-refractivity contribution in [1.82, 2.24) is 5.32 Å². The van der Waals surface area contributed by atoms with Crippen molar-refractivity contribution < 1.29 is 27.6 Å². The molecule has 0 heterocycles. The Kier molecular flexibility index (Phi) is 7.59. The predicted octanol–water partition coefficient (Wildman–Crippen LogP) is 1.95. The summed E-state index contributed by atoms with van der Waals surface area (Å²) in [6.45, 7) is 1.35. The number of hydrogen-bond acceptors (Lipinski definition) is 7. The van der Waals surface area contributed by atoms with Gasteiger partial charge in [0.2, 0.25) is 15.9 Å². The fourth-order valence-electron chi connectivity index (χ4n) is 2.55. The van der Waals surface area contributed by atoms with Gasteiger partial charge in [-0.15, -0.1) is 0 Å². The van der Waals surface area contributed by atoms with Gasteiger partial charge in [-0.1, -0.05) is 6.07 Å². The number of nitrogens with zero attached hydrogens (tertiary/aromatic N) is 2. The average Bonchev–Trinajstić information content (AvgIpc) is 2.70. The van der Waals surface area contributed by atoms with Gasteiger partial charge in [-0.05, 0) is 37.3 Å². The minimum absolute atomic E-state index is 0.0315. The van der Waals surface area contributed by atoms with E-state index >= 15 is 0 Å². The fourth-order valence-corrected chi connectivity index (χ4v) is 3.40. The van der Waals surface area contributed by atoms with Crippen LogP contribution in [0.5, 0.6) is 11.5 Å². The minimum Gasteiger partial charge on any atom is -0.497 e. The summed E-state index contributed by atoms with van der Waals surface area (Å²) in [4.78, 5) is 22.7. The molecule has 2 aromatic carbocycles. The smallest absolute Gasteiger partial charge is 0.271 e. The first-order chi connectivity index (χ1) is 14.1. The monoisotopic (exact) mass is 437 g/mol. The first-order valence-corrected chi connectivity index (χ1v) is 10.7. The number of ether oxygens (including phenoxy) is 2. The van der Waals surface area contributed by atoms with Crippen molar-refractivity contribution in [2.75, 3.05) is 30.8 Å². The van der Waals surface area contributed by atoms with E-state index in [2.05, 4.69) is 5.32 Å². The van der Waals surface area contributed by atoms with Crippen molar-refractivity contribution in [3.63, 3.8) is 0 Å². The first kappa shape index (κ1) is 22.9. The third-order valence-corrected chi connectivity index (χ3v) is 5.12. The maximum Gasteiger partial charge on any atom is 0.271 e. The number of rotatable bonds is 10. The number of anilines is 1. The lowest BCUT2D eigenvalue weighted by molar-refractivity contribution is -0.384. The number of nitro benzene ring substituents is 1. The highest BCUT2D eigenvalue weighted by atomic mass is 32.2. The fraction of sp³-hybridized carbons (Fsp3) is 0.316. The Morgan fingerprint density at radius 1 is 1.20 bits per heavy atom. The van der Waals surface area contributed by atoms with Crippen LogP contribution in [0.3, 0.4) is 0 Å². The summed E-state index contributed by atoms with van der Waals surface area (Å²) in [5.74, 6) is 0.703. The molecule has 0 aliphatic carbocycles. The molecule has 1 N–H and O–H groups in total. The van der Waals surface area contributed by atoms with Gasteiger partial charge >= 0.3 is 0 Å². The van der Waals surface area contributed by atoms with Crippen LogP contribution in [0, 0.1) is 10.1 Å². The van der Waals surface area contributed by atoms with E-state index in [4.69, 9.17) is 9.47 Å². The largest absolute Gasteiger partial charge is 0.497 e. The van der Waals surface area contributed by atoms with Crippen LogP contribution in [0.15, 0.2) is 48.5 Å². The van der Waals surface area contributed by atoms with Gasteiger partial charge in [0.25, 0.3) is 5.69 Å². The summed E-state index contributed by atoms with van der Waals surface area (Å²) in [6, 6.07) is 11.6. The highest BCUT2D eigenvalue weighted by molar-refractivity contribution is 7.92. The maximum absolute atomic E-state index is 12.4. The molecule has 1 amide bonds. The zero-order chi connectivity index (χ0) is 22.3. The number of nitro groups is 1. The number of methoxy groups -OCH3 is 1. The molecule has 0 aromatic heterocycles. The number of nitrogens with one attached hydrogen (secondary N) is 1. The van der Waals surface area contributed by atoms with Crippen LogP contribution in [0.2, 0.25) is 0 Å². The van der Waals surface area contributed by atoms with Crippen LogP contribution >= 0.6 is 0 Å². The minimum atomic E-state index is -3.85. The van der Waals surface area contributed by atoms with Gasteiger partial charge in [-0.2, -0.15) is 0 Å². The molecule has 0 unspecified atom stereocenters. The lowest BCUT2D eigenvalue weighted by atomic mass is 10.3. The Morgan fingerprint density at radius 2 is 1.83 bits per heavy atom. The van der Waals surface area contributed by atoms with Crippen LogP contribution in [0.1, 0.15) is 6.92 Å². The molecule has 0 saturated carbocycles. The maximum atomic E-state index is 12.4. The van der Waals surface area contributed by atoms with Gasteiger partial charge in [-0.25, -0.2) is 8.42 Å². The van der Waals surface area contributed by atoms with E-state index < -0.39 is 33.4 Å². The van der Waals surface area contributed by atoms with E-state index in [1.807, 2.05) is 0 Å². The molecule has 0 aliphatic heterocycles. The molecule has 10 nitrogen and oxygen atoms in total. The topological polar surface area (TPSA) is 128 Å². The second-order valence-electron chi connectivity index (χ2n) is 6.50. The zero-order valence-corrected chi connectivity index (χ0v) is 17.6. The highest BCUT2D eigenvalue weighted by Gasteiger charge is 2.23. The Morgan fingerprint density at radius 3 is 2.40 bits per heavy atom. The molecule has 2 rings (SSSR count). The van der Waals surface area contributed by atoms with Crippen LogP contribution in [-0.4, -0.2) is 51.8 Å². The quantitative estimate of drug-likeness (QED) is 0.444. The molecule has 0 aliphatic rings. The Hall–Kier alpha value is -3.34. The number of hydrogen-bond donors (Lipinski definition) is 1. The van der Waals surface area contributed by atoms with E-state index in [-0.39, 0.29) is 18.0 Å². The van der Waals surface area contributed by atoms with Gasteiger partial charge in [-0.3, -0.25) is 19.2 Å². The van der Waals surface area contributed by atoms with Crippen LogP contribution < -0.4 is 19.1 Å². The number of benzene rings is 2. The van der Waals surface area contributed by atoms with Crippen molar-refractivity contribution in [2.45, 2.75) is 13.0 Å². The van der Waals surface area contributed by atoms with Crippen molar-refractivity contribution >= 4 is 27.3 Å². The third kappa shape index (κ3) is 6.62. The number of amides is 1. The SMILES string of the molecule is COc1ccc(OC[C@@H](C)NC(=O)CN(c2cccc([N+](=O)[O-])c2)S(C)(=O)=O)cc1. The number of non-ortho nitro benzene ring substituents is 1. The van der Waals surface area contributed by atoms with Crippen molar-refractivity contribution in [1.29, 1.82) is 0 Å². The molecule has 1 atom stereocenters. The standard InChI is InChI=1S/C19H23N3O7S/c1-14(13-29-18-9-7-17(28-2)8-10-18)20-19(23)12-21(30(3,26)27)15-5-4-6-16(11-15)22(24)25/h4-11,14H,12-13H2,1-3H3,(H,20,23)/t14-/m1/s1. The number of carbonyl (C=O) groups is 1. The van der Waals surface area contributed by atoms with E-state index in [0.717, 1.165) is 16.6 Å². The third-order valence-electron chi connectivity index (χ3n) is 3.98. The lowest BCUT2D eigenvalue weighted by Gasteiger charge is -2.23. The van der Waals surface area contributed by atoms with Gasteiger partial charge in [0.15, 0.2) is 0 Å². The average molecular weight is 437 g/mol. The van der Waals surface area contributed by atoms with E-state index in [0.29, 0.717) is 11.5 Å². The summed E-state index contributed by atoms with van der Waals surface area (Å²) in [5, 5.41) is 13.6. The predicted molar refractivity (Wildman–Crippen MR) is 111 cm³/mol. The van der Waals surface area contributed by atoms with Gasteiger partial charge in [0, 0.05) is 12.1 Å². The molecule has 30 heavy (non-hydrogen) atoms. The van der Waals surface area contributed by atoms with Crippen LogP contribution in [0.4, 0.5) is 11.4 Å². The molecular weight excluding hydrogens is 414 g/mol. The Labute approximate surface area is 174 Å². The summed E-state index contributed by atoms with van der Waals surface area (Å²) in [5.41, 5.74) is -0.244.